The molecule has 6 heteroatoms. The molecular formula is C6H7F3O3. The van der Waals surface area contributed by atoms with Gasteiger partial charge in [-0.3, -0.25) is 4.79 Å². The highest BCUT2D eigenvalue weighted by Gasteiger charge is 2.51. The topological polar surface area (TPSA) is 46.5 Å². The van der Waals surface area contributed by atoms with E-state index in [1.807, 2.05) is 0 Å². The number of rotatable bonds is 1. The van der Waals surface area contributed by atoms with Crippen molar-refractivity contribution in [3.63, 3.8) is 0 Å². The third-order valence-corrected chi connectivity index (χ3v) is 1.73. The summed E-state index contributed by atoms with van der Waals surface area (Å²) in [5, 5.41) is 8.37. The van der Waals surface area contributed by atoms with Crippen LogP contribution >= 0.6 is 0 Å². The minimum absolute atomic E-state index is 0.0699. The van der Waals surface area contributed by atoms with E-state index >= 15 is 0 Å². The van der Waals surface area contributed by atoms with Gasteiger partial charge in [-0.25, -0.2) is 0 Å². The van der Waals surface area contributed by atoms with E-state index in [0.29, 0.717) is 0 Å². The Morgan fingerprint density at radius 3 is 2.42 bits per heavy atom. The van der Waals surface area contributed by atoms with Crippen LogP contribution in [0.25, 0.3) is 0 Å². The van der Waals surface area contributed by atoms with Crippen molar-refractivity contribution >= 4 is 5.97 Å². The van der Waals surface area contributed by atoms with Gasteiger partial charge in [-0.2, -0.15) is 13.2 Å². The highest BCUT2D eigenvalue weighted by molar-refractivity contribution is 5.71. The van der Waals surface area contributed by atoms with Crippen LogP contribution < -0.4 is 0 Å². The highest BCUT2D eigenvalue weighted by atomic mass is 19.4. The number of aliphatic carboxylic acids is 1. The Balaban J connectivity index is 2.71. The molecule has 1 fully saturated rings. The van der Waals surface area contributed by atoms with Crippen molar-refractivity contribution < 1.29 is 27.8 Å². The van der Waals surface area contributed by atoms with Crippen molar-refractivity contribution in [3.8, 4) is 0 Å². The van der Waals surface area contributed by atoms with Gasteiger partial charge in [0.1, 0.15) is 0 Å². The van der Waals surface area contributed by atoms with Crippen LogP contribution in [0.4, 0.5) is 13.2 Å². The molecule has 1 N–H and O–H groups in total. The van der Waals surface area contributed by atoms with Crippen molar-refractivity contribution in [2.24, 2.45) is 5.92 Å². The molecule has 1 aliphatic rings. The monoisotopic (exact) mass is 184 g/mol. The van der Waals surface area contributed by atoms with Crippen LogP contribution in [0, 0.1) is 5.92 Å². The molecule has 0 spiro atoms. The Labute approximate surface area is 66.1 Å². The number of alkyl halides is 3. The summed E-state index contributed by atoms with van der Waals surface area (Å²) in [5.74, 6) is -2.89. The molecule has 70 valence electrons. The lowest BCUT2D eigenvalue weighted by Gasteiger charge is -2.17. The van der Waals surface area contributed by atoms with Gasteiger partial charge in [-0.1, -0.05) is 0 Å². The fourth-order valence-corrected chi connectivity index (χ4v) is 1.17. The van der Waals surface area contributed by atoms with Gasteiger partial charge in [0.25, 0.3) is 0 Å². The van der Waals surface area contributed by atoms with Crippen LogP contribution in [-0.2, 0) is 9.53 Å². The second-order valence-electron chi connectivity index (χ2n) is 2.57. The van der Waals surface area contributed by atoms with Gasteiger partial charge in [0.15, 0.2) is 6.10 Å². The Bertz CT molecular complexity index is 189. The van der Waals surface area contributed by atoms with Gasteiger partial charge in [-0.05, 0) is 6.42 Å². The fourth-order valence-electron chi connectivity index (χ4n) is 1.17. The average molecular weight is 184 g/mol. The molecule has 1 aliphatic heterocycles. The Morgan fingerprint density at radius 2 is 2.08 bits per heavy atom. The summed E-state index contributed by atoms with van der Waals surface area (Å²) in [6.07, 6.45) is -6.77. The van der Waals surface area contributed by atoms with Crippen LogP contribution in [0.2, 0.25) is 0 Å². The van der Waals surface area contributed by atoms with Gasteiger partial charge in [0, 0.05) is 6.61 Å². The predicted octanol–water partition coefficient (Wildman–Crippen LogP) is 1.04. The van der Waals surface area contributed by atoms with E-state index in [2.05, 4.69) is 4.74 Å². The molecule has 0 aromatic rings. The second kappa shape index (κ2) is 2.93. The summed E-state index contributed by atoms with van der Waals surface area (Å²) < 4.78 is 40.2. The first-order chi connectivity index (χ1) is 5.43. The molecule has 12 heavy (non-hydrogen) atoms. The lowest BCUT2D eigenvalue weighted by atomic mass is 10.0. The quantitative estimate of drug-likeness (QED) is 0.662. The molecule has 1 rings (SSSR count). The molecule has 0 bridgehead atoms. The first-order valence-electron chi connectivity index (χ1n) is 3.34. The average Bonchev–Trinajstić information content (AvgIpc) is 2.30. The Kier molecular flexibility index (Phi) is 2.27. The van der Waals surface area contributed by atoms with Gasteiger partial charge >= 0.3 is 12.1 Å². The van der Waals surface area contributed by atoms with Crippen LogP contribution in [0.5, 0.6) is 0 Å². The van der Waals surface area contributed by atoms with E-state index in [4.69, 9.17) is 5.11 Å². The zero-order valence-electron chi connectivity index (χ0n) is 5.97. The molecular weight excluding hydrogens is 177 g/mol. The van der Waals surface area contributed by atoms with E-state index < -0.39 is 24.2 Å². The molecule has 0 saturated carbocycles. The smallest absolute Gasteiger partial charge is 0.415 e. The third-order valence-electron chi connectivity index (χ3n) is 1.73. The van der Waals surface area contributed by atoms with E-state index in [9.17, 15) is 18.0 Å². The zero-order valence-corrected chi connectivity index (χ0v) is 5.97. The maximum absolute atomic E-state index is 12.0. The number of halogens is 3. The normalized spacial score (nSPS) is 30.6. The van der Waals surface area contributed by atoms with E-state index in [0.717, 1.165) is 0 Å². The van der Waals surface area contributed by atoms with Crippen LogP contribution in [0.1, 0.15) is 6.42 Å². The maximum Gasteiger partial charge on any atom is 0.415 e. The van der Waals surface area contributed by atoms with E-state index in [-0.39, 0.29) is 13.0 Å². The number of carboxylic acid groups (broad SMARTS) is 1. The van der Waals surface area contributed by atoms with Crippen LogP contribution in [-0.4, -0.2) is 30.0 Å². The first-order valence-corrected chi connectivity index (χ1v) is 3.34. The molecule has 1 heterocycles. The molecule has 2 atom stereocenters. The second-order valence-corrected chi connectivity index (χ2v) is 2.57. The van der Waals surface area contributed by atoms with Gasteiger partial charge in [0.2, 0.25) is 0 Å². The molecule has 0 radical (unpaired) electrons. The fraction of sp³-hybridized carbons (Fsp3) is 0.833. The number of hydrogen-bond acceptors (Lipinski definition) is 2. The lowest BCUT2D eigenvalue weighted by Crippen LogP contribution is -2.37. The standard InChI is InChI=1S/C6H7F3O3/c7-6(8,9)4-3(5(10)11)1-2-12-4/h3-4H,1-2H2,(H,10,11)/t3-,4-/m1/s1. The minimum Gasteiger partial charge on any atom is -0.481 e. The van der Waals surface area contributed by atoms with Crippen LogP contribution in [0.3, 0.4) is 0 Å². The maximum atomic E-state index is 12.0. The van der Waals surface area contributed by atoms with Crippen molar-refractivity contribution in [1.29, 1.82) is 0 Å². The molecule has 0 unspecified atom stereocenters. The number of carboxylic acids is 1. The zero-order chi connectivity index (χ0) is 9.35. The molecule has 0 amide bonds. The molecule has 3 nitrogen and oxygen atoms in total. The Hall–Kier alpha value is -0.780. The number of hydrogen-bond donors (Lipinski definition) is 1. The summed E-state index contributed by atoms with van der Waals surface area (Å²) >= 11 is 0. The SMILES string of the molecule is O=C(O)[C@@H]1CCO[C@H]1C(F)(F)F. The molecule has 0 aromatic heterocycles. The summed E-state index contributed by atoms with van der Waals surface area (Å²) in [6.45, 7) is -0.138. The van der Waals surface area contributed by atoms with E-state index in [1.54, 1.807) is 0 Å². The van der Waals surface area contributed by atoms with Crippen molar-refractivity contribution in [2.45, 2.75) is 18.7 Å². The van der Waals surface area contributed by atoms with E-state index in [1.165, 1.54) is 0 Å². The van der Waals surface area contributed by atoms with Gasteiger partial charge in [0.05, 0.1) is 5.92 Å². The summed E-state index contributed by atoms with van der Waals surface area (Å²) in [5.41, 5.74) is 0. The molecule has 0 aliphatic carbocycles. The number of ether oxygens (including phenoxy) is 1. The van der Waals surface area contributed by atoms with Crippen LogP contribution in [0.15, 0.2) is 0 Å². The third kappa shape index (κ3) is 1.69. The Morgan fingerprint density at radius 1 is 1.50 bits per heavy atom. The van der Waals surface area contributed by atoms with Crippen molar-refractivity contribution in [1.82, 2.24) is 0 Å². The summed E-state index contributed by atoms with van der Waals surface area (Å²) in [7, 11) is 0. The van der Waals surface area contributed by atoms with Crippen molar-refractivity contribution in [2.75, 3.05) is 6.61 Å². The van der Waals surface area contributed by atoms with Gasteiger partial charge in [-0.15, -0.1) is 0 Å². The summed E-state index contributed by atoms with van der Waals surface area (Å²) in [4.78, 5) is 10.3. The van der Waals surface area contributed by atoms with Gasteiger partial charge < -0.3 is 9.84 Å². The highest BCUT2D eigenvalue weighted by Crippen LogP contribution is 2.34. The summed E-state index contributed by atoms with van der Waals surface area (Å²) in [6, 6.07) is 0. The largest absolute Gasteiger partial charge is 0.481 e. The number of carbonyl (C=O) groups is 1. The van der Waals surface area contributed by atoms with Crippen molar-refractivity contribution in [3.05, 3.63) is 0 Å². The lowest BCUT2D eigenvalue weighted by molar-refractivity contribution is -0.219. The first kappa shape index (κ1) is 9.31. The predicted molar refractivity (Wildman–Crippen MR) is 31.5 cm³/mol. The molecule has 0 aromatic carbocycles. The minimum atomic E-state index is -4.57. The molecule has 1 saturated heterocycles.